The van der Waals surface area contributed by atoms with E-state index in [0.717, 1.165) is 17.5 Å². The molecule has 80 valence electrons. The average Bonchev–Trinajstić information content (AvgIpc) is 2.27. The number of carbonyl (C=O) groups is 1. The van der Waals surface area contributed by atoms with Crippen LogP contribution in [0, 0.1) is 0 Å². The minimum absolute atomic E-state index is 0.205. The van der Waals surface area contributed by atoms with Crippen molar-refractivity contribution in [3.63, 3.8) is 0 Å². The summed E-state index contributed by atoms with van der Waals surface area (Å²) in [5.74, 6) is -0.0344. The number of phenolic OH excluding ortho intramolecular Hbond substituents is 1. The molecule has 0 aliphatic carbocycles. The first-order chi connectivity index (χ1) is 7.17. The number of hydrogen-bond acceptors (Lipinski definition) is 2. The molecule has 1 aromatic carbocycles. The fraction of sp³-hybridized carbons (Fsp3) is 0.250. The predicted molar refractivity (Wildman–Crippen MR) is 59.5 cm³/mol. The number of rotatable bonds is 4. The predicted octanol–water partition coefficient (Wildman–Crippen LogP) is 1.76. The number of benzene rings is 1. The fourth-order valence-electron chi connectivity index (χ4n) is 1.25. The molecular weight excluding hydrogens is 190 g/mol. The first-order valence-corrected chi connectivity index (χ1v) is 4.88. The van der Waals surface area contributed by atoms with E-state index in [1.807, 2.05) is 19.1 Å². The number of aromatic hydroxyl groups is 1. The molecule has 0 saturated heterocycles. The quantitative estimate of drug-likeness (QED) is 0.736. The van der Waals surface area contributed by atoms with Crippen molar-refractivity contribution in [2.45, 2.75) is 19.9 Å². The van der Waals surface area contributed by atoms with Crippen molar-refractivity contribution in [3.05, 3.63) is 42.0 Å². The molecule has 0 aliphatic rings. The van der Waals surface area contributed by atoms with Gasteiger partial charge in [0.05, 0.1) is 0 Å². The van der Waals surface area contributed by atoms with Crippen molar-refractivity contribution in [3.8, 4) is 5.75 Å². The molecule has 3 nitrogen and oxygen atoms in total. The van der Waals surface area contributed by atoms with E-state index in [9.17, 15) is 9.90 Å². The third-order valence-corrected chi connectivity index (χ3v) is 2.19. The highest BCUT2D eigenvalue weighted by molar-refractivity contribution is 5.86. The summed E-state index contributed by atoms with van der Waals surface area (Å²) in [6, 6.07) is 5.40. The Hall–Kier alpha value is -1.77. The Bertz CT molecular complexity index is 372. The zero-order valence-electron chi connectivity index (χ0n) is 8.79. The SMILES string of the molecule is C=CC(=O)NCc1cc(CC)ccc1O. The summed E-state index contributed by atoms with van der Waals surface area (Å²) in [5, 5.41) is 12.2. The Morgan fingerprint density at radius 1 is 1.60 bits per heavy atom. The molecule has 0 unspecified atom stereocenters. The summed E-state index contributed by atoms with van der Waals surface area (Å²) >= 11 is 0. The van der Waals surface area contributed by atoms with E-state index < -0.39 is 0 Å². The summed E-state index contributed by atoms with van der Waals surface area (Å²) in [6.45, 7) is 5.72. The van der Waals surface area contributed by atoms with Crippen LogP contribution in [0.3, 0.4) is 0 Å². The van der Waals surface area contributed by atoms with Gasteiger partial charge in [-0.1, -0.05) is 25.6 Å². The highest BCUT2D eigenvalue weighted by atomic mass is 16.3. The van der Waals surface area contributed by atoms with Crippen molar-refractivity contribution in [1.29, 1.82) is 0 Å². The highest BCUT2D eigenvalue weighted by Crippen LogP contribution is 2.18. The van der Waals surface area contributed by atoms with Crippen LogP contribution < -0.4 is 5.32 Å². The van der Waals surface area contributed by atoms with E-state index in [1.54, 1.807) is 6.07 Å². The van der Waals surface area contributed by atoms with Crippen molar-refractivity contribution < 1.29 is 9.90 Å². The first-order valence-electron chi connectivity index (χ1n) is 4.88. The zero-order valence-corrected chi connectivity index (χ0v) is 8.79. The lowest BCUT2D eigenvalue weighted by Gasteiger charge is -2.07. The third kappa shape index (κ3) is 3.13. The number of hydrogen-bond donors (Lipinski definition) is 2. The van der Waals surface area contributed by atoms with E-state index in [4.69, 9.17) is 0 Å². The summed E-state index contributed by atoms with van der Waals surface area (Å²) in [5.41, 5.74) is 1.86. The number of aryl methyl sites for hydroxylation is 1. The summed E-state index contributed by atoms with van der Waals surface area (Å²) in [4.78, 5) is 10.9. The van der Waals surface area contributed by atoms with Crippen LogP contribution in [0.5, 0.6) is 5.75 Å². The molecule has 0 spiro atoms. The molecule has 0 fully saturated rings. The molecule has 0 heterocycles. The van der Waals surface area contributed by atoms with Gasteiger partial charge in [-0.05, 0) is 24.1 Å². The number of carbonyl (C=O) groups excluding carboxylic acids is 1. The van der Waals surface area contributed by atoms with Crippen LogP contribution in [0.25, 0.3) is 0 Å². The molecule has 3 heteroatoms. The van der Waals surface area contributed by atoms with Crippen molar-refractivity contribution >= 4 is 5.91 Å². The minimum atomic E-state index is -0.240. The number of nitrogens with one attached hydrogen (secondary N) is 1. The van der Waals surface area contributed by atoms with Gasteiger partial charge in [0.2, 0.25) is 5.91 Å². The van der Waals surface area contributed by atoms with E-state index in [-0.39, 0.29) is 11.7 Å². The van der Waals surface area contributed by atoms with Crippen LogP contribution in [0.15, 0.2) is 30.9 Å². The molecule has 2 N–H and O–H groups in total. The minimum Gasteiger partial charge on any atom is -0.508 e. The fourth-order valence-corrected chi connectivity index (χ4v) is 1.25. The monoisotopic (exact) mass is 205 g/mol. The maximum absolute atomic E-state index is 10.9. The van der Waals surface area contributed by atoms with Gasteiger partial charge < -0.3 is 10.4 Å². The molecule has 1 amide bonds. The van der Waals surface area contributed by atoms with Crippen LogP contribution in [0.2, 0.25) is 0 Å². The van der Waals surface area contributed by atoms with E-state index >= 15 is 0 Å². The second-order valence-corrected chi connectivity index (χ2v) is 3.24. The topological polar surface area (TPSA) is 49.3 Å². The van der Waals surface area contributed by atoms with Gasteiger partial charge in [0, 0.05) is 12.1 Å². The van der Waals surface area contributed by atoms with Crippen LogP contribution in [0.4, 0.5) is 0 Å². The average molecular weight is 205 g/mol. The van der Waals surface area contributed by atoms with E-state index in [0.29, 0.717) is 6.54 Å². The molecule has 0 aromatic heterocycles. The Morgan fingerprint density at radius 3 is 2.93 bits per heavy atom. The largest absolute Gasteiger partial charge is 0.508 e. The van der Waals surface area contributed by atoms with Gasteiger partial charge in [0.15, 0.2) is 0 Å². The number of phenols is 1. The van der Waals surface area contributed by atoms with Crippen LogP contribution in [0.1, 0.15) is 18.1 Å². The Labute approximate surface area is 89.4 Å². The van der Waals surface area contributed by atoms with Gasteiger partial charge >= 0.3 is 0 Å². The van der Waals surface area contributed by atoms with Crippen molar-refractivity contribution in [1.82, 2.24) is 5.32 Å². The molecule has 0 bridgehead atoms. The lowest BCUT2D eigenvalue weighted by molar-refractivity contribution is -0.116. The first kappa shape index (κ1) is 11.3. The summed E-state index contributed by atoms with van der Waals surface area (Å²) < 4.78 is 0. The van der Waals surface area contributed by atoms with Gasteiger partial charge in [0.1, 0.15) is 5.75 Å². The molecule has 1 rings (SSSR count). The van der Waals surface area contributed by atoms with E-state index in [1.165, 1.54) is 6.08 Å². The second-order valence-electron chi connectivity index (χ2n) is 3.24. The van der Waals surface area contributed by atoms with Crippen LogP contribution in [-0.4, -0.2) is 11.0 Å². The molecular formula is C12H15NO2. The van der Waals surface area contributed by atoms with Gasteiger partial charge in [-0.2, -0.15) is 0 Å². The van der Waals surface area contributed by atoms with Gasteiger partial charge in [0.25, 0.3) is 0 Å². The Kier molecular flexibility index (Phi) is 3.92. The molecule has 0 radical (unpaired) electrons. The normalized spacial score (nSPS) is 9.67. The zero-order chi connectivity index (χ0) is 11.3. The lowest BCUT2D eigenvalue weighted by atomic mass is 10.1. The molecule has 0 atom stereocenters. The summed E-state index contributed by atoms with van der Waals surface area (Å²) in [7, 11) is 0. The Morgan fingerprint density at radius 2 is 2.33 bits per heavy atom. The van der Waals surface area contributed by atoms with Gasteiger partial charge in [-0.15, -0.1) is 0 Å². The molecule has 0 saturated carbocycles. The summed E-state index contributed by atoms with van der Waals surface area (Å²) in [6.07, 6.45) is 2.11. The maximum Gasteiger partial charge on any atom is 0.243 e. The molecule has 1 aromatic rings. The van der Waals surface area contributed by atoms with Crippen molar-refractivity contribution in [2.75, 3.05) is 0 Å². The third-order valence-electron chi connectivity index (χ3n) is 2.19. The smallest absolute Gasteiger partial charge is 0.243 e. The highest BCUT2D eigenvalue weighted by Gasteiger charge is 2.03. The molecule has 15 heavy (non-hydrogen) atoms. The second kappa shape index (κ2) is 5.20. The van der Waals surface area contributed by atoms with Crippen LogP contribution in [-0.2, 0) is 17.8 Å². The van der Waals surface area contributed by atoms with E-state index in [2.05, 4.69) is 11.9 Å². The number of amides is 1. The lowest BCUT2D eigenvalue weighted by Crippen LogP contribution is -2.20. The molecule has 0 aliphatic heterocycles. The van der Waals surface area contributed by atoms with Gasteiger partial charge in [-0.3, -0.25) is 4.79 Å². The van der Waals surface area contributed by atoms with Crippen LogP contribution >= 0.6 is 0 Å². The Balaban J connectivity index is 2.74. The van der Waals surface area contributed by atoms with Crippen molar-refractivity contribution in [2.24, 2.45) is 0 Å². The maximum atomic E-state index is 10.9. The standard InChI is InChI=1S/C12H15NO2/c1-3-9-5-6-11(14)10(7-9)8-13-12(15)4-2/h4-7,14H,2-3,8H2,1H3,(H,13,15). The van der Waals surface area contributed by atoms with Gasteiger partial charge in [-0.25, -0.2) is 0 Å².